The van der Waals surface area contributed by atoms with Crippen LogP contribution in [0.15, 0.2) is 21.9 Å². The molecule has 1 saturated heterocycles. The van der Waals surface area contributed by atoms with Gasteiger partial charge in [0, 0.05) is 12.3 Å². The molecule has 14 heteroatoms. The second kappa shape index (κ2) is 12.8. The van der Waals surface area contributed by atoms with E-state index in [1.165, 1.54) is 0 Å². The highest BCUT2D eigenvalue weighted by Gasteiger charge is 2.43. The lowest BCUT2D eigenvalue weighted by atomic mass is 10.1. The first-order valence-corrected chi connectivity index (χ1v) is 4.98. The summed E-state index contributed by atoms with van der Waals surface area (Å²) in [5.74, 6) is 0. The highest BCUT2D eigenvalue weighted by molar-refractivity contribution is 4.92. The molecule has 0 aromatic carbocycles. The van der Waals surface area contributed by atoms with Crippen molar-refractivity contribution in [2.45, 2.75) is 24.5 Å². The summed E-state index contributed by atoms with van der Waals surface area (Å²) in [6.45, 7) is -0.479. The van der Waals surface area contributed by atoms with E-state index in [4.69, 9.17) is 9.84 Å². The first-order chi connectivity index (χ1) is 8.04. The minimum absolute atomic E-state index is 0. The van der Waals surface area contributed by atoms with Crippen molar-refractivity contribution in [3.63, 3.8) is 0 Å². The Morgan fingerprint density at radius 3 is 1.96 bits per heavy atom. The molecule has 1 aromatic heterocycles. The summed E-state index contributed by atoms with van der Waals surface area (Å²) in [7, 11) is 0. The molecule has 0 amide bonds. The summed E-state index contributed by atoms with van der Waals surface area (Å²) >= 11 is 0. The van der Waals surface area contributed by atoms with Gasteiger partial charge in [-0.1, -0.05) is 0 Å². The third-order valence-electron chi connectivity index (χ3n) is 2.64. The minimum Gasteiger partial charge on any atom is -0.412 e. The smallest absolute Gasteiger partial charge is 0.330 e. The number of nitrogens with one attached hydrogen (secondary N) is 1. The summed E-state index contributed by atoms with van der Waals surface area (Å²) in [6, 6.07) is 1.09. The van der Waals surface area contributed by atoms with Crippen molar-refractivity contribution in [1.29, 1.82) is 0 Å². The van der Waals surface area contributed by atoms with Gasteiger partial charge in [-0.25, -0.2) is 4.79 Å². The van der Waals surface area contributed by atoms with Gasteiger partial charge in [0.25, 0.3) is 5.56 Å². The zero-order valence-corrected chi connectivity index (χ0v) is 11.7. The van der Waals surface area contributed by atoms with E-state index < -0.39 is 42.4 Å². The largest absolute Gasteiger partial charge is 0.412 e. The van der Waals surface area contributed by atoms with E-state index in [0.717, 1.165) is 16.8 Å². The van der Waals surface area contributed by atoms with E-state index >= 15 is 0 Å². The van der Waals surface area contributed by atoms with Crippen LogP contribution in [0.5, 0.6) is 0 Å². The van der Waals surface area contributed by atoms with Crippen molar-refractivity contribution >= 4 is 0 Å². The van der Waals surface area contributed by atoms with Gasteiger partial charge in [-0.05, 0) is 0 Å². The molecule has 0 spiro atoms. The van der Waals surface area contributed by atoms with Gasteiger partial charge < -0.3 is 52.9 Å². The molecule has 0 saturated carbocycles. The quantitative estimate of drug-likeness (QED) is 0.399. The standard InChI is InChI=1S/C9H12N2O6.6H2O/c12-3-4-6(14)7(15)8(17-4)11-2-1-5(13)10-9(11)16;;;;;;/h1-2,4,6-8,12,14-15H,3H2,(H,10,13,16);6*1H2/t4-,6-,7-,8-;;;;;;/m1....../s1. The lowest BCUT2D eigenvalue weighted by Crippen LogP contribution is -2.37. The number of ether oxygens (including phenoxy) is 1. The molecule has 4 atom stereocenters. The molecule has 1 aliphatic rings. The maximum Gasteiger partial charge on any atom is 0.330 e. The van der Waals surface area contributed by atoms with Crippen molar-refractivity contribution in [3.8, 4) is 0 Å². The monoisotopic (exact) mass is 352 g/mol. The Bertz CT molecular complexity index is 516. The number of aliphatic hydroxyl groups is 3. The fraction of sp³-hybridized carbons (Fsp3) is 0.556. The lowest BCUT2D eigenvalue weighted by molar-refractivity contribution is -0.0550. The Hall–Kier alpha value is -1.72. The second-order valence-electron chi connectivity index (χ2n) is 3.75. The zero-order chi connectivity index (χ0) is 12.6. The number of hydrogen-bond acceptors (Lipinski definition) is 6. The van der Waals surface area contributed by atoms with E-state index in [9.17, 15) is 19.8 Å². The van der Waals surface area contributed by atoms with Gasteiger partial charge in [-0.2, -0.15) is 0 Å². The average Bonchev–Trinajstić information content (AvgIpc) is 2.57. The van der Waals surface area contributed by atoms with Gasteiger partial charge in [0.1, 0.15) is 18.3 Å². The molecule has 1 aliphatic heterocycles. The third kappa shape index (κ3) is 6.12. The molecule has 1 fully saturated rings. The predicted molar refractivity (Wildman–Crippen MR) is 76.0 cm³/mol. The second-order valence-corrected chi connectivity index (χ2v) is 3.75. The molecule has 142 valence electrons. The fourth-order valence-electron chi connectivity index (χ4n) is 1.74. The molecular formula is C9H24N2O12. The summed E-state index contributed by atoms with van der Waals surface area (Å²) < 4.78 is 6.08. The molecule has 0 radical (unpaired) electrons. The van der Waals surface area contributed by atoms with Crippen LogP contribution in [0, 0.1) is 0 Å². The molecule has 23 heavy (non-hydrogen) atoms. The number of rotatable bonds is 2. The Morgan fingerprint density at radius 1 is 1.04 bits per heavy atom. The molecule has 2 heterocycles. The van der Waals surface area contributed by atoms with Gasteiger partial charge in [0.15, 0.2) is 6.23 Å². The number of hydrogen-bond donors (Lipinski definition) is 4. The van der Waals surface area contributed by atoms with Gasteiger partial charge in [-0.3, -0.25) is 14.3 Å². The third-order valence-corrected chi connectivity index (χ3v) is 2.64. The predicted octanol–water partition coefficient (Wildman–Crippen LogP) is -7.80. The summed E-state index contributed by atoms with van der Waals surface area (Å²) in [6.07, 6.45) is -3.58. The molecular weight excluding hydrogens is 328 g/mol. The van der Waals surface area contributed by atoms with Crippen LogP contribution in [0.3, 0.4) is 0 Å². The molecule has 0 unspecified atom stereocenters. The van der Waals surface area contributed by atoms with Crippen LogP contribution in [-0.4, -0.2) is 82.6 Å². The number of aromatic nitrogens is 2. The van der Waals surface area contributed by atoms with Crippen molar-refractivity contribution < 1.29 is 52.9 Å². The number of nitrogens with zero attached hydrogens (tertiary/aromatic N) is 1. The molecule has 0 aliphatic carbocycles. The maximum atomic E-state index is 11.4. The summed E-state index contributed by atoms with van der Waals surface area (Å²) in [5, 5.41) is 28.1. The zero-order valence-electron chi connectivity index (χ0n) is 11.7. The average molecular weight is 352 g/mol. The Balaban J connectivity index is -0.000000180. The minimum atomic E-state index is -1.35. The summed E-state index contributed by atoms with van der Waals surface area (Å²) in [5.41, 5.74) is -1.33. The van der Waals surface area contributed by atoms with E-state index in [-0.39, 0.29) is 32.9 Å². The van der Waals surface area contributed by atoms with E-state index in [0.29, 0.717) is 0 Å². The highest BCUT2D eigenvalue weighted by Crippen LogP contribution is 2.27. The molecule has 16 N–H and O–H groups in total. The van der Waals surface area contributed by atoms with Gasteiger partial charge in [0.2, 0.25) is 0 Å². The van der Waals surface area contributed by atoms with Crippen molar-refractivity contribution in [3.05, 3.63) is 33.1 Å². The van der Waals surface area contributed by atoms with E-state index in [2.05, 4.69) is 0 Å². The molecule has 1 aromatic rings. The lowest BCUT2D eigenvalue weighted by Gasteiger charge is -2.16. The van der Waals surface area contributed by atoms with E-state index in [1.54, 1.807) is 0 Å². The van der Waals surface area contributed by atoms with Crippen LogP contribution in [0.4, 0.5) is 0 Å². The van der Waals surface area contributed by atoms with Gasteiger partial charge in [0.05, 0.1) is 6.61 Å². The van der Waals surface area contributed by atoms with Crippen LogP contribution >= 0.6 is 0 Å². The number of aliphatic hydroxyl groups excluding tert-OH is 3. The van der Waals surface area contributed by atoms with Crippen LogP contribution in [-0.2, 0) is 4.74 Å². The molecule has 2 rings (SSSR count). The molecule has 0 bridgehead atoms. The van der Waals surface area contributed by atoms with Gasteiger partial charge in [-0.15, -0.1) is 0 Å². The van der Waals surface area contributed by atoms with Crippen molar-refractivity contribution in [2.75, 3.05) is 6.61 Å². The van der Waals surface area contributed by atoms with Crippen LogP contribution < -0.4 is 11.2 Å². The van der Waals surface area contributed by atoms with Gasteiger partial charge >= 0.3 is 5.69 Å². The normalized spacial score (nSPS) is 24.3. The Morgan fingerprint density at radius 2 is 1.57 bits per heavy atom. The Labute approximate surface area is 128 Å². The van der Waals surface area contributed by atoms with Crippen LogP contribution in [0.2, 0.25) is 0 Å². The first kappa shape index (κ1) is 33.0. The maximum absolute atomic E-state index is 11.4. The molecule has 14 nitrogen and oxygen atoms in total. The first-order valence-electron chi connectivity index (χ1n) is 4.98. The topological polar surface area (TPSA) is 314 Å². The Kier molecular flexibility index (Phi) is 18.4. The SMILES string of the molecule is O.O.O.O.O.O.O=c1ccn([C@@H]2O[C@H](CO)[C@@H](O)[C@H]2O)c(=O)[nH]1. The van der Waals surface area contributed by atoms with E-state index in [1.807, 2.05) is 4.98 Å². The summed E-state index contributed by atoms with van der Waals surface area (Å²) in [4.78, 5) is 24.3. The highest BCUT2D eigenvalue weighted by atomic mass is 16.6. The fourth-order valence-corrected chi connectivity index (χ4v) is 1.74. The van der Waals surface area contributed by atoms with Crippen molar-refractivity contribution in [2.24, 2.45) is 0 Å². The number of aromatic amines is 1. The van der Waals surface area contributed by atoms with Crippen LogP contribution in [0.1, 0.15) is 6.23 Å². The number of H-pyrrole nitrogens is 1. The van der Waals surface area contributed by atoms with Crippen molar-refractivity contribution in [1.82, 2.24) is 9.55 Å². The van der Waals surface area contributed by atoms with Crippen LogP contribution in [0.25, 0.3) is 0 Å².